The first-order valence-corrected chi connectivity index (χ1v) is 11.3. The van der Waals surface area contributed by atoms with E-state index in [4.69, 9.17) is 4.74 Å². The van der Waals surface area contributed by atoms with E-state index in [1.54, 1.807) is 23.4 Å². The van der Waals surface area contributed by atoms with Gasteiger partial charge in [0.05, 0.1) is 17.9 Å². The molecule has 0 spiro atoms. The van der Waals surface area contributed by atoms with Crippen molar-refractivity contribution >= 4 is 16.0 Å². The number of ether oxygens (including phenoxy) is 1. The van der Waals surface area contributed by atoms with Gasteiger partial charge < -0.3 is 4.74 Å². The maximum Gasteiger partial charge on any atom is 0.306 e. The van der Waals surface area contributed by atoms with E-state index in [0.717, 1.165) is 31.5 Å². The number of hydrogen-bond donors (Lipinski definition) is 0. The number of rotatable bonds is 6. The molecule has 0 saturated carbocycles. The summed E-state index contributed by atoms with van der Waals surface area (Å²) in [5, 5.41) is 0. The second-order valence-electron chi connectivity index (χ2n) is 7.57. The SMILES string of the molecule is CCOC(=O)CC1CN(S(=O)(=O)c2ccc(C)cc2)CC1N1CCCCC1. The van der Waals surface area contributed by atoms with Gasteiger partial charge in [-0.05, 0) is 57.8 Å². The Morgan fingerprint density at radius 1 is 1.11 bits per heavy atom. The number of likely N-dealkylation sites (tertiary alicyclic amines) is 1. The number of piperidine rings is 1. The van der Waals surface area contributed by atoms with Crippen LogP contribution in [0.1, 0.15) is 38.2 Å². The third-order valence-electron chi connectivity index (χ3n) is 5.63. The highest BCUT2D eigenvalue weighted by molar-refractivity contribution is 7.89. The van der Waals surface area contributed by atoms with E-state index in [1.165, 1.54) is 6.42 Å². The molecule has 0 bridgehead atoms. The van der Waals surface area contributed by atoms with Crippen LogP contribution >= 0.6 is 0 Å². The summed E-state index contributed by atoms with van der Waals surface area (Å²) in [7, 11) is -3.55. The van der Waals surface area contributed by atoms with Gasteiger partial charge in [-0.1, -0.05) is 24.1 Å². The fraction of sp³-hybridized carbons (Fsp3) is 0.650. The third kappa shape index (κ3) is 4.70. The monoisotopic (exact) mass is 394 g/mol. The zero-order valence-corrected chi connectivity index (χ0v) is 17.1. The third-order valence-corrected chi connectivity index (χ3v) is 7.47. The number of sulfonamides is 1. The Bertz CT molecular complexity index is 742. The molecule has 27 heavy (non-hydrogen) atoms. The Balaban J connectivity index is 1.80. The zero-order chi connectivity index (χ0) is 19.4. The fourth-order valence-electron chi connectivity index (χ4n) is 4.17. The molecule has 2 fully saturated rings. The van der Waals surface area contributed by atoms with Crippen LogP contribution in [0.15, 0.2) is 29.2 Å². The lowest BCUT2D eigenvalue weighted by Crippen LogP contribution is -2.44. The first kappa shape index (κ1) is 20.3. The smallest absolute Gasteiger partial charge is 0.306 e. The molecule has 0 amide bonds. The number of nitrogens with zero attached hydrogens (tertiary/aromatic N) is 2. The van der Waals surface area contributed by atoms with E-state index in [9.17, 15) is 13.2 Å². The summed E-state index contributed by atoms with van der Waals surface area (Å²) in [6.45, 7) is 6.85. The summed E-state index contributed by atoms with van der Waals surface area (Å²) in [5.41, 5.74) is 1.03. The molecular formula is C20H30N2O4S. The topological polar surface area (TPSA) is 66.9 Å². The predicted octanol–water partition coefficient (Wildman–Crippen LogP) is 2.42. The van der Waals surface area contributed by atoms with Crippen molar-refractivity contribution in [1.82, 2.24) is 9.21 Å². The van der Waals surface area contributed by atoms with Crippen LogP contribution in [-0.2, 0) is 19.6 Å². The number of esters is 1. The number of benzene rings is 1. The molecule has 2 saturated heterocycles. The van der Waals surface area contributed by atoms with Gasteiger partial charge in [-0.3, -0.25) is 9.69 Å². The summed E-state index contributed by atoms with van der Waals surface area (Å²) in [6.07, 6.45) is 3.76. The number of hydrogen-bond acceptors (Lipinski definition) is 5. The van der Waals surface area contributed by atoms with Crippen LogP contribution < -0.4 is 0 Å². The van der Waals surface area contributed by atoms with Gasteiger partial charge in [0.25, 0.3) is 0 Å². The van der Waals surface area contributed by atoms with E-state index in [-0.39, 0.29) is 24.3 Å². The van der Waals surface area contributed by atoms with Crippen LogP contribution in [0.4, 0.5) is 0 Å². The van der Waals surface area contributed by atoms with Gasteiger partial charge in [-0.15, -0.1) is 0 Å². The molecule has 0 radical (unpaired) electrons. The molecule has 2 atom stereocenters. The standard InChI is InChI=1S/C20H30N2O4S/c1-3-26-20(23)13-17-14-22(15-19(17)21-11-5-4-6-12-21)27(24,25)18-9-7-16(2)8-10-18/h7-10,17,19H,3-6,11-15H2,1-2H3. The predicted molar refractivity (Wildman–Crippen MR) is 104 cm³/mol. The first-order valence-electron chi connectivity index (χ1n) is 9.88. The van der Waals surface area contributed by atoms with Crippen LogP contribution in [0.3, 0.4) is 0 Å². The molecule has 1 aromatic rings. The quantitative estimate of drug-likeness (QED) is 0.693. The maximum absolute atomic E-state index is 13.1. The van der Waals surface area contributed by atoms with Gasteiger partial charge in [0.1, 0.15) is 0 Å². The Hall–Kier alpha value is -1.44. The molecule has 150 valence electrons. The van der Waals surface area contributed by atoms with Crippen molar-refractivity contribution in [1.29, 1.82) is 0 Å². The number of aryl methyl sites for hydroxylation is 1. The van der Waals surface area contributed by atoms with E-state index >= 15 is 0 Å². The molecule has 6 nitrogen and oxygen atoms in total. The second-order valence-corrected chi connectivity index (χ2v) is 9.51. The normalized spacial score (nSPS) is 24.8. The minimum Gasteiger partial charge on any atom is -0.466 e. The summed E-state index contributed by atoms with van der Waals surface area (Å²) < 4.78 is 32.9. The molecule has 2 unspecified atom stereocenters. The van der Waals surface area contributed by atoms with Crippen molar-refractivity contribution < 1.29 is 17.9 Å². The van der Waals surface area contributed by atoms with E-state index in [1.807, 2.05) is 19.1 Å². The van der Waals surface area contributed by atoms with Gasteiger partial charge in [-0.2, -0.15) is 4.31 Å². The van der Waals surface area contributed by atoms with Crippen LogP contribution in [0.25, 0.3) is 0 Å². The first-order chi connectivity index (χ1) is 12.9. The zero-order valence-electron chi connectivity index (χ0n) is 16.3. The van der Waals surface area contributed by atoms with Gasteiger partial charge in [0.2, 0.25) is 10.0 Å². The Morgan fingerprint density at radius 2 is 1.78 bits per heavy atom. The lowest BCUT2D eigenvalue weighted by molar-refractivity contribution is -0.144. The van der Waals surface area contributed by atoms with E-state index < -0.39 is 10.0 Å². The van der Waals surface area contributed by atoms with Crippen LogP contribution in [0.2, 0.25) is 0 Å². The Labute approximate surface area is 162 Å². The van der Waals surface area contributed by atoms with Gasteiger partial charge in [0, 0.05) is 19.1 Å². The van der Waals surface area contributed by atoms with Crippen molar-refractivity contribution in [3.8, 4) is 0 Å². The summed E-state index contributed by atoms with van der Waals surface area (Å²) in [6, 6.07) is 7.05. The average Bonchev–Trinajstić information content (AvgIpc) is 3.07. The Kier molecular flexibility index (Phi) is 6.55. The van der Waals surface area contributed by atoms with Crippen molar-refractivity contribution in [2.24, 2.45) is 5.92 Å². The lowest BCUT2D eigenvalue weighted by atomic mass is 9.96. The van der Waals surface area contributed by atoms with Gasteiger partial charge in [-0.25, -0.2) is 8.42 Å². The van der Waals surface area contributed by atoms with Crippen molar-refractivity contribution in [2.75, 3.05) is 32.8 Å². The number of carbonyl (C=O) groups excluding carboxylic acids is 1. The van der Waals surface area contributed by atoms with Crippen molar-refractivity contribution in [3.05, 3.63) is 29.8 Å². The minimum atomic E-state index is -3.55. The second kappa shape index (κ2) is 8.71. The molecule has 0 aliphatic carbocycles. The largest absolute Gasteiger partial charge is 0.466 e. The molecule has 2 aliphatic rings. The van der Waals surface area contributed by atoms with E-state index in [0.29, 0.717) is 24.6 Å². The molecule has 2 aliphatic heterocycles. The summed E-state index contributed by atoms with van der Waals surface area (Å²) in [5.74, 6) is -0.263. The molecular weight excluding hydrogens is 364 g/mol. The van der Waals surface area contributed by atoms with Crippen LogP contribution in [0, 0.1) is 12.8 Å². The van der Waals surface area contributed by atoms with Crippen molar-refractivity contribution in [3.63, 3.8) is 0 Å². The highest BCUT2D eigenvalue weighted by atomic mass is 32.2. The molecule has 1 aromatic carbocycles. The highest BCUT2D eigenvalue weighted by Crippen LogP contribution is 2.31. The minimum absolute atomic E-state index is 0.0256. The molecule has 7 heteroatoms. The summed E-state index contributed by atoms with van der Waals surface area (Å²) in [4.78, 5) is 14.8. The molecule has 0 N–H and O–H groups in total. The molecule has 2 heterocycles. The number of carbonyl (C=O) groups is 1. The molecule has 3 rings (SSSR count). The van der Waals surface area contributed by atoms with Gasteiger partial charge >= 0.3 is 5.97 Å². The highest BCUT2D eigenvalue weighted by Gasteiger charge is 2.43. The van der Waals surface area contributed by atoms with Crippen LogP contribution in [-0.4, -0.2) is 62.4 Å². The molecule has 0 aromatic heterocycles. The fourth-order valence-corrected chi connectivity index (χ4v) is 5.68. The van der Waals surface area contributed by atoms with Crippen molar-refractivity contribution in [2.45, 2.75) is 50.5 Å². The summed E-state index contributed by atoms with van der Waals surface area (Å²) >= 11 is 0. The maximum atomic E-state index is 13.1. The van der Waals surface area contributed by atoms with E-state index in [2.05, 4.69) is 4.90 Å². The van der Waals surface area contributed by atoms with Crippen LogP contribution in [0.5, 0.6) is 0 Å². The Morgan fingerprint density at radius 3 is 2.41 bits per heavy atom. The lowest BCUT2D eigenvalue weighted by Gasteiger charge is -2.35. The average molecular weight is 395 g/mol. The van der Waals surface area contributed by atoms with Gasteiger partial charge in [0.15, 0.2) is 0 Å².